The summed E-state index contributed by atoms with van der Waals surface area (Å²) < 4.78 is 62.3. The maximum atomic E-state index is 12.7. The number of nitrogens with zero attached hydrogens (tertiary/aromatic N) is 4. The number of imidazole rings is 1. The number of carbonyl (C=O) groups is 3. The van der Waals surface area contributed by atoms with Crippen molar-refractivity contribution >= 4 is 69.1 Å². The van der Waals surface area contributed by atoms with Crippen LogP contribution in [0.3, 0.4) is 0 Å². The highest BCUT2D eigenvalue weighted by Gasteiger charge is 2.50. The van der Waals surface area contributed by atoms with Crippen molar-refractivity contribution in [3.05, 3.63) is 49.1 Å². The lowest BCUT2D eigenvalue weighted by Gasteiger charge is -2.30. The van der Waals surface area contributed by atoms with Gasteiger partial charge in [-0.25, -0.2) is 28.6 Å². The molecule has 3 rings (SSSR count). The van der Waals surface area contributed by atoms with E-state index in [2.05, 4.69) is 34.4 Å². The first-order chi connectivity index (χ1) is 29.9. The van der Waals surface area contributed by atoms with Gasteiger partial charge in [0.05, 0.1) is 25.6 Å². The smallest absolute Gasteiger partial charge is 0.393 e. The van der Waals surface area contributed by atoms with Crippen LogP contribution in [0.4, 0.5) is 5.82 Å². The lowest BCUT2D eigenvalue weighted by Crippen LogP contribution is -2.46. The van der Waals surface area contributed by atoms with E-state index in [1.807, 2.05) is 43.4 Å². The number of nitrogen functional groups attached to an aromatic ring is 1. The summed E-state index contributed by atoms with van der Waals surface area (Å²) in [5.41, 5.74) is 4.24. The molecule has 1 saturated heterocycles. The first-order valence-corrected chi connectivity index (χ1v) is 25.2. The fourth-order valence-electron chi connectivity index (χ4n) is 5.64. The van der Waals surface area contributed by atoms with Gasteiger partial charge >= 0.3 is 23.5 Å². The molecule has 0 bridgehead atoms. The number of phosphoric acid groups is 3. The molecule has 1 aliphatic heterocycles. The zero-order valence-electron chi connectivity index (χ0n) is 35.1. The predicted octanol–water partition coefficient (Wildman–Crippen LogP) is 1.66. The zero-order valence-corrected chi connectivity index (χ0v) is 38.6. The van der Waals surface area contributed by atoms with Crippen LogP contribution in [0.5, 0.6) is 0 Å². The Balaban J connectivity index is 1.38. The highest BCUT2D eigenvalue weighted by atomic mass is 32.2. The van der Waals surface area contributed by atoms with Crippen LogP contribution >= 0.6 is 35.2 Å². The van der Waals surface area contributed by atoms with Crippen molar-refractivity contribution in [1.82, 2.24) is 30.2 Å². The van der Waals surface area contributed by atoms with Gasteiger partial charge in [0.2, 0.25) is 11.8 Å². The normalized spacial score (nSPS) is 21.3. The maximum Gasteiger partial charge on any atom is 0.481 e. The molecule has 8 unspecified atom stereocenters. The summed E-state index contributed by atoms with van der Waals surface area (Å²) in [5.74, 6) is -1.27. The molecule has 0 spiro atoms. The number of thioether (sulfide) groups is 1. The third-order valence-corrected chi connectivity index (χ3v) is 12.9. The molecule has 0 saturated carbocycles. The number of amides is 2. The van der Waals surface area contributed by atoms with Crippen molar-refractivity contribution in [2.45, 2.75) is 96.0 Å². The lowest BCUT2D eigenvalue weighted by atomic mass is 9.87. The number of rotatable bonds is 28. The second-order valence-electron chi connectivity index (χ2n) is 14.7. The Morgan fingerprint density at radius 2 is 1.69 bits per heavy atom. The van der Waals surface area contributed by atoms with E-state index in [9.17, 15) is 63.0 Å². The van der Waals surface area contributed by atoms with Gasteiger partial charge < -0.3 is 56.0 Å². The summed E-state index contributed by atoms with van der Waals surface area (Å²) in [6.45, 7) is 2.39. The molecule has 2 aromatic heterocycles. The van der Waals surface area contributed by atoms with E-state index < -0.39 is 90.7 Å². The van der Waals surface area contributed by atoms with Gasteiger partial charge in [0.15, 0.2) is 22.8 Å². The molecule has 0 aliphatic carbocycles. The number of carbonyl (C=O) groups excluding carboxylic acids is 3. The molecule has 1 fully saturated rings. The van der Waals surface area contributed by atoms with E-state index in [0.717, 1.165) is 48.2 Å². The summed E-state index contributed by atoms with van der Waals surface area (Å²) in [6, 6.07) is 0. The second-order valence-corrected chi connectivity index (χ2v) is 20.1. The van der Waals surface area contributed by atoms with Crippen molar-refractivity contribution in [3.63, 3.8) is 0 Å². The Labute approximate surface area is 372 Å². The molecule has 2 aromatic rings. The Morgan fingerprint density at radius 1 is 1.00 bits per heavy atom. The van der Waals surface area contributed by atoms with E-state index in [-0.39, 0.29) is 53.8 Å². The topological polar surface area (TPSA) is 384 Å². The van der Waals surface area contributed by atoms with Crippen LogP contribution in [0.2, 0.25) is 0 Å². The van der Waals surface area contributed by atoms with Gasteiger partial charge in [-0.3, -0.25) is 32.5 Å². The van der Waals surface area contributed by atoms with Crippen LogP contribution in [-0.2, 0) is 50.7 Å². The van der Waals surface area contributed by atoms with Crippen LogP contribution in [0.1, 0.15) is 65.5 Å². The number of hydrogen-bond acceptors (Lipinski definition) is 19. The Hall–Kier alpha value is -3.26. The molecular weight excluding hydrogens is 931 g/mol. The van der Waals surface area contributed by atoms with Crippen LogP contribution in [0, 0.1) is 5.41 Å². The first kappa shape index (κ1) is 55.1. The fourth-order valence-corrected chi connectivity index (χ4v) is 9.21. The third-order valence-electron chi connectivity index (χ3n) is 8.92. The van der Waals surface area contributed by atoms with Crippen molar-refractivity contribution < 1.29 is 85.6 Å². The predicted molar refractivity (Wildman–Crippen MR) is 229 cm³/mol. The molecule has 2 amide bonds. The Morgan fingerprint density at radius 3 is 2.38 bits per heavy atom. The maximum absolute atomic E-state index is 12.7. The van der Waals surface area contributed by atoms with Crippen LogP contribution in [0.25, 0.3) is 11.2 Å². The highest BCUT2D eigenvalue weighted by molar-refractivity contribution is 8.13. The molecular formula is C35H56N7O18P3S. The van der Waals surface area contributed by atoms with E-state index >= 15 is 0 Å². The number of phosphoric ester groups is 3. The summed E-state index contributed by atoms with van der Waals surface area (Å²) in [6.07, 6.45) is 6.85. The van der Waals surface area contributed by atoms with Crippen LogP contribution in [-0.4, -0.2) is 134 Å². The van der Waals surface area contributed by atoms with Gasteiger partial charge in [0.25, 0.3) is 0 Å². The summed E-state index contributed by atoms with van der Waals surface area (Å²) in [4.78, 5) is 88.1. The number of aliphatic hydroxyl groups excluding tert-OH is 3. The molecule has 29 heteroatoms. The monoisotopic (exact) mass is 987 g/mol. The van der Waals surface area contributed by atoms with Crippen LogP contribution < -0.4 is 16.4 Å². The van der Waals surface area contributed by atoms with Gasteiger partial charge in [-0.2, -0.15) is 4.31 Å². The number of fused-ring (bicyclic) bond motifs is 1. The molecule has 25 nitrogen and oxygen atoms in total. The standard InChI is InChI=1S/C35H56N7O18P3S/c1-4-5-6-7-8-9-10-11-12-13-23(43)18-26(45)64-17-16-37-25(44)14-15-38-33(48)30(47)35(2,3)20-57-63(54,55)60-62(52,53)56-19-24-29(59-61(49,50)51)28(46)34(58-24)42-22-41-27-31(36)39-21-40-32(27)42/h5-10,21-24,28-30,34,43,46-47H,4,11-20H2,1-3H3,(H,37,44)(H,38,48)(H,52,53)(H,54,55)(H2,36,39,40)(H2,49,50,51)/b6-5+,8-7+,10-9+. The molecule has 0 radical (unpaired) electrons. The minimum Gasteiger partial charge on any atom is -0.393 e. The average Bonchev–Trinajstić information content (AvgIpc) is 3.76. The minimum absolute atomic E-state index is 0.0219. The minimum atomic E-state index is -5.59. The summed E-state index contributed by atoms with van der Waals surface area (Å²) >= 11 is 0.966. The van der Waals surface area contributed by atoms with Gasteiger partial charge in [-0.15, -0.1) is 0 Å². The van der Waals surface area contributed by atoms with E-state index in [1.54, 1.807) is 0 Å². The average molecular weight is 988 g/mol. The van der Waals surface area contributed by atoms with E-state index in [1.165, 1.54) is 13.8 Å². The SMILES string of the molecule is CC/C=C/C=C/C=C/CCCC(O)CC(=O)SCCNC(=O)CCNC(=O)C(O)C(C)(C)COP(=O)(O)OP(=O)(O)OCC1OC(n2cnc3c(N)ncnc32)C(O)C1OP(=O)(O)O. The van der Waals surface area contributed by atoms with E-state index in [0.29, 0.717) is 6.42 Å². The number of ether oxygens (including phenoxy) is 1. The van der Waals surface area contributed by atoms with Gasteiger partial charge in [0.1, 0.15) is 36.3 Å². The van der Waals surface area contributed by atoms with Gasteiger partial charge in [-0.05, 0) is 25.7 Å². The number of unbranched alkanes of at least 4 members (excludes halogenated alkanes) is 1. The number of allylic oxidation sites excluding steroid dienone is 6. The number of nitrogens with two attached hydrogens (primary N) is 1. The lowest BCUT2D eigenvalue weighted by molar-refractivity contribution is -0.137. The fraction of sp³-hybridized carbons (Fsp3) is 0.600. The number of hydrogen-bond donors (Lipinski definition) is 10. The molecule has 64 heavy (non-hydrogen) atoms. The largest absolute Gasteiger partial charge is 0.481 e. The summed E-state index contributed by atoms with van der Waals surface area (Å²) in [5, 5.41) is 36.4. The number of aromatic nitrogens is 4. The first-order valence-electron chi connectivity index (χ1n) is 19.7. The third kappa shape index (κ3) is 18.9. The van der Waals surface area contributed by atoms with Crippen molar-refractivity contribution in [3.8, 4) is 0 Å². The molecule has 0 aromatic carbocycles. The second kappa shape index (κ2) is 25.6. The molecule has 360 valence electrons. The molecule has 11 N–H and O–H groups in total. The quantitative estimate of drug-likeness (QED) is 0.0329. The van der Waals surface area contributed by atoms with Crippen LogP contribution in [0.15, 0.2) is 49.1 Å². The number of nitrogens with one attached hydrogen (secondary N) is 2. The van der Waals surface area contributed by atoms with E-state index in [4.69, 9.17) is 19.5 Å². The van der Waals surface area contributed by atoms with Gasteiger partial charge in [-0.1, -0.05) is 69.0 Å². The van der Waals surface area contributed by atoms with Crippen molar-refractivity contribution in [2.24, 2.45) is 5.41 Å². The summed E-state index contributed by atoms with van der Waals surface area (Å²) in [7, 11) is -16.4. The Kier molecular flexibility index (Phi) is 22.0. The Bertz CT molecular complexity index is 2100. The number of aliphatic hydroxyl groups is 3. The molecule has 1 aliphatic rings. The highest BCUT2D eigenvalue weighted by Crippen LogP contribution is 2.61. The van der Waals surface area contributed by atoms with Gasteiger partial charge in [0, 0.05) is 37.1 Å². The molecule has 3 heterocycles. The van der Waals surface area contributed by atoms with Crippen molar-refractivity contribution in [1.29, 1.82) is 0 Å². The molecule has 8 atom stereocenters. The van der Waals surface area contributed by atoms with Crippen molar-refractivity contribution in [2.75, 3.05) is 37.8 Å². The number of anilines is 1. The zero-order chi connectivity index (χ0) is 47.7.